The summed E-state index contributed by atoms with van der Waals surface area (Å²) in [5.74, 6) is 0.952. The third kappa shape index (κ3) is 2.46. The Morgan fingerprint density at radius 2 is 2.04 bits per heavy atom. The van der Waals surface area contributed by atoms with Gasteiger partial charge in [-0.3, -0.25) is 4.79 Å². The first-order valence-corrected chi connectivity index (χ1v) is 10.7. The number of carbonyl (C=O) groups is 1. The molecule has 146 valence electrons. The summed E-state index contributed by atoms with van der Waals surface area (Å²) in [6, 6.07) is 9.02. The quantitative estimate of drug-likeness (QED) is 0.756. The van der Waals surface area contributed by atoms with E-state index in [4.69, 9.17) is 0 Å². The Kier molecular flexibility index (Phi) is 3.91. The molecule has 0 saturated heterocycles. The van der Waals surface area contributed by atoms with E-state index < -0.39 is 5.41 Å². The summed E-state index contributed by atoms with van der Waals surface area (Å²) in [7, 11) is 0. The molecular weight excluding hydrogens is 346 g/mol. The molecule has 1 unspecified atom stereocenters. The maximum absolute atomic E-state index is 13.5. The van der Waals surface area contributed by atoms with Gasteiger partial charge in [0, 0.05) is 23.3 Å². The van der Waals surface area contributed by atoms with Crippen molar-refractivity contribution >= 4 is 5.78 Å². The van der Waals surface area contributed by atoms with Gasteiger partial charge in [-0.25, -0.2) is 0 Å². The first-order chi connectivity index (χ1) is 13.4. The van der Waals surface area contributed by atoms with Crippen LogP contribution in [-0.2, 0) is 10.2 Å². The Bertz CT molecular complexity index is 935. The Labute approximate surface area is 167 Å². The number of ketones is 1. The molecule has 2 aliphatic heterocycles. The van der Waals surface area contributed by atoms with Crippen molar-refractivity contribution in [2.75, 3.05) is 0 Å². The highest BCUT2D eigenvalue weighted by Gasteiger charge is 2.53. The molecule has 0 bridgehead atoms. The number of hydrogen-bond acceptors (Lipinski definition) is 4. The molecule has 2 atom stereocenters. The standard InChI is InChI=1S/C24H29N3O/c1-4-24(17-10-6-9-16(11-17)15-7-5-8-15)18-14-25-27-22(18)26-19-12-23(2,3)13-20(28)21(19)24/h6,9-11,14-15,22,26H,4-5,7-8,12-13H2,1-3H3/t22?,24-/m1/s1. The van der Waals surface area contributed by atoms with E-state index in [2.05, 4.69) is 60.6 Å². The first-order valence-electron chi connectivity index (χ1n) is 10.7. The number of fused-ring (bicyclic) bond motifs is 1. The van der Waals surface area contributed by atoms with Crippen LogP contribution in [0.2, 0.25) is 0 Å². The van der Waals surface area contributed by atoms with Gasteiger partial charge >= 0.3 is 0 Å². The molecule has 1 fully saturated rings. The zero-order valence-corrected chi connectivity index (χ0v) is 17.1. The highest BCUT2D eigenvalue weighted by Crippen LogP contribution is 2.54. The maximum atomic E-state index is 13.5. The van der Waals surface area contributed by atoms with Crippen LogP contribution in [0.5, 0.6) is 0 Å². The van der Waals surface area contributed by atoms with Crippen molar-refractivity contribution in [3.05, 3.63) is 58.4 Å². The average molecular weight is 376 g/mol. The molecule has 0 amide bonds. The Morgan fingerprint density at radius 3 is 2.75 bits per heavy atom. The van der Waals surface area contributed by atoms with Crippen LogP contribution in [0, 0.1) is 5.41 Å². The zero-order chi connectivity index (χ0) is 19.5. The van der Waals surface area contributed by atoms with Crippen LogP contribution in [0.25, 0.3) is 0 Å². The predicted octanol–water partition coefficient (Wildman–Crippen LogP) is 5.52. The van der Waals surface area contributed by atoms with Gasteiger partial charge in [0.2, 0.25) is 0 Å². The molecule has 4 nitrogen and oxygen atoms in total. The third-order valence-electron chi connectivity index (χ3n) is 7.27. The van der Waals surface area contributed by atoms with E-state index in [1.54, 1.807) is 0 Å². The van der Waals surface area contributed by atoms with Crippen molar-refractivity contribution in [2.45, 2.75) is 76.8 Å². The Hall–Kier alpha value is -2.23. The summed E-state index contributed by atoms with van der Waals surface area (Å²) in [6.45, 7) is 6.57. The molecule has 1 aromatic carbocycles. The summed E-state index contributed by atoms with van der Waals surface area (Å²) < 4.78 is 0. The lowest BCUT2D eigenvalue weighted by Gasteiger charge is -2.48. The minimum absolute atomic E-state index is 0.0207. The van der Waals surface area contributed by atoms with Crippen LogP contribution in [0.4, 0.5) is 0 Å². The van der Waals surface area contributed by atoms with E-state index in [0.29, 0.717) is 12.3 Å². The van der Waals surface area contributed by atoms with E-state index in [-0.39, 0.29) is 17.4 Å². The number of Topliss-reactive ketones (excluding diaryl/α,β-unsaturated/α-hetero) is 1. The summed E-state index contributed by atoms with van der Waals surface area (Å²) >= 11 is 0. The summed E-state index contributed by atoms with van der Waals surface area (Å²) in [5, 5.41) is 12.3. The van der Waals surface area contributed by atoms with Crippen molar-refractivity contribution in [3.8, 4) is 0 Å². The molecule has 5 rings (SSSR count). The number of benzene rings is 1. The zero-order valence-electron chi connectivity index (χ0n) is 17.1. The number of carbonyl (C=O) groups excluding carboxylic acids is 1. The van der Waals surface area contributed by atoms with Gasteiger partial charge < -0.3 is 5.32 Å². The molecule has 0 aromatic heterocycles. The van der Waals surface area contributed by atoms with Crippen molar-refractivity contribution in [2.24, 2.45) is 15.6 Å². The minimum atomic E-state index is -0.415. The fraction of sp³-hybridized carbons (Fsp3) is 0.542. The van der Waals surface area contributed by atoms with Crippen LogP contribution in [-0.4, -0.2) is 11.9 Å². The molecule has 4 heteroatoms. The molecule has 1 saturated carbocycles. The Balaban J connectivity index is 1.72. The smallest absolute Gasteiger partial charge is 0.164 e. The second kappa shape index (κ2) is 6.13. The van der Waals surface area contributed by atoms with Crippen LogP contribution in [0.1, 0.15) is 76.3 Å². The van der Waals surface area contributed by atoms with Crippen molar-refractivity contribution in [3.63, 3.8) is 0 Å². The SMILES string of the molecule is CC[C@@]1(c2cccc(C3CCC3)c2)C2=CN=NC2NC2=C1C(=O)CC(C)(C)C2. The van der Waals surface area contributed by atoms with E-state index in [9.17, 15) is 4.79 Å². The van der Waals surface area contributed by atoms with Crippen molar-refractivity contribution in [1.29, 1.82) is 0 Å². The topological polar surface area (TPSA) is 53.8 Å². The lowest BCUT2D eigenvalue weighted by Crippen LogP contribution is -2.51. The van der Waals surface area contributed by atoms with Crippen LogP contribution >= 0.6 is 0 Å². The number of rotatable bonds is 3. The summed E-state index contributed by atoms with van der Waals surface area (Å²) in [4.78, 5) is 13.5. The van der Waals surface area contributed by atoms with Gasteiger partial charge in [-0.15, -0.1) is 0 Å². The van der Waals surface area contributed by atoms with Crippen LogP contribution in [0.15, 0.2) is 57.5 Å². The second-order valence-electron chi connectivity index (χ2n) is 9.67. The van der Waals surface area contributed by atoms with Gasteiger partial charge in [0.05, 0.1) is 11.6 Å². The molecule has 1 N–H and O–H groups in total. The van der Waals surface area contributed by atoms with Gasteiger partial charge in [-0.1, -0.05) is 51.5 Å². The van der Waals surface area contributed by atoms with Crippen LogP contribution in [0.3, 0.4) is 0 Å². The molecule has 4 aliphatic rings. The molecule has 0 radical (unpaired) electrons. The fourth-order valence-electron chi connectivity index (χ4n) is 5.69. The molecule has 28 heavy (non-hydrogen) atoms. The van der Waals surface area contributed by atoms with Crippen molar-refractivity contribution < 1.29 is 4.79 Å². The molecule has 1 aromatic rings. The Morgan fingerprint density at radius 1 is 1.21 bits per heavy atom. The van der Waals surface area contributed by atoms with E-state index in [1.807, 2.05) is 6.20 Å². The summed E-state index contributed by atoms with van der Waals surface area (Å²) in [5.41, 5.74) is 5.41. The number of nitrogens with one attached hydrogen (secondary N) is 1. The third-order valence-corrected chi connectivity index (χ3v) is 7.27. The van der Waals surface area contributed by atoms with E-state index in [1.165, 1.54) is 30.4 Å². The van der Waals surface area contributed by atoms with E-state index in [0.717, 1.165) is 29.7 Å². The normalized spacial score (nSPS) is 31.0. The van der Waals surface area contributed by atoms with Gasteiger partial charge in [-0.2, -0.15) is 10.2 Å². The lowest BCUT2D eigenvalue weighted by atomic mass is 9.58. The molecule has 2 heterocycles. The van der Waals surface area contributed by atoms with Gasteiger partial charge in [0.15, 0.2) is 11.9 Å². The number of allylic oxidation sites excluding steroid dienone is 2. The second-order valence-corrected chi connectivity index (χ2v) is 9.67. The molecule has 2 aliphatic carbocycles. The number of nitrogens with zero attached hydrogens (tertiary/aromatic N) is 2. The highest BCUT2D eigenvalue weighted by molar-refractivity contribution is 6.01. The highest BCUT2D eigenvalue weighted by atomic mass is 16.1. The van der Waals surface area contributed by atoms with Gasteiger partial charge in [0.25, 0.3) is 0 Å². The minimum Gasteiger partial charge on any atom is -0.362 e. The number of azo groups is 1. The molecular formula is C24H29N3O. The fourth-order valence-corrected chi connectivity index (χ4v) is 5.69. The first kappa shape index (κ1) is 17.8. The van der Waals surface area contributed by atoms with Crippen LogP contribution < -0.4 is 5.32 Å². The summed E-state index contributed by atoms with van der Waals surface area (Å²) in [6.07, 6.45) is 7.97. The van der Waals surface area contributed by atoms with Crippen molar-refractivity contribution in [1.82, 2.24) is 5.32 Å². The predicted molar refractivity (Wildman–Crippen MR) is 110 cm³/mol. The number of hydrogen-bond donors (Lipinski definition) is 1. The van der Waals surface area contributed by atoms with E-state index >= 15 is 0 Å². The molecule has 0 spiro atoms. The van der Waals surface area contributed by atoms with Gasteiger partial charge in [-0.05, 0) is 48.1 Å². The monoisotopic (exact) mass is 375 g/mol. The maximum Gasteiger partial charge on any atom is 0.164 e. The van der Waals surface area contributed by atoms with Gasteiger partial charge in [0.1, 0.15) is 0 Å². The largest absolute Gasteiger partial charge is 0.362 e. The lowest BCUT2D eigenvalue weighted by molar-refractivity contribution is -0.119. The average Bonchev–Trinajstić information content (AvgIpc) is 3.06.